The van der Waals surface area contributed by atoms with E-state index in [1.807, 2.05) is 9.80 Å². The van der Waals surface area contributed by atoms with Crippen molar-refractivity contribution in [2.24, 2.45) is 4.99 Å². The molecule has 0 saturated carbocycles. The van der Waals surface area contributed by atoms with Crippen LogP contribution in [-0.4, -0.2) is 65.7 Å². The van der Waals surface area contributed by atoms with Crippen LogP contribution in [0, 0.1) is 12.7 Å². The molecule has 8 nitrogen and oxygen atoms in total. The Bertz CT molecular complexity index is 1440. The lowest BCUT2D eigenvalue weighted by Crippen LogP contribution is -2.54. The number of aromatic carboxylic acids is 1. The highest BCUT2D eigenvalue weighted by Gasteiger charge is 2.32. The minimum Gasteiger partial charge on any atom is -0.481 e. The molecule has 0 atom stereocenters. The summed E-state index contributed by atoms with van der Waals surface area (Å²) in [6, 6.07) is 14.9. The first kappa shape index (κ1) is 29.4. The van der Waals surface area contributed by atoms with Gasteiger partial charge in [-0.15, -0.1) is 0 Å². The van der Waals surface area contributed by atoms with E-state index in [0.717, 1.165) is 17.8 Å². The summed E-state index contributed by atoms with van der Waals surface area (Å²) in [7, 11) is 0. The van der Waals surface area contributed by atoms with Crippen LogP contribution in [0.5, 0.6) is 0 Å². The number of hydrogen-bond acceptors (Lipinski definition) is 4. The molecule has 41 heavy (non-hydrogen) atoms. The SMILES string of the molecule is Cc1ccc(C(=O)O)cc1N=C(N1CCN(c2ccc(F)cc2)CC1)N(CCC(=O)O)c1cccc(C(F)(F)F)c1. The number of rotatable bonds is 7. The summed E-state index contributed by atoms with van der Waals surface area (Å²) in [5.41, 5.74) is 0.877. The third-order valence-corrected chi connectivity index (χ3v) is 6.71. The number of nitrogens with zero attached hydrogens (tertiary/aromatic N) is 4. The summed E-state index contributed by atoms with van der Waals surface area (Å²) in [5, 5.41) is 18.9. The number of benzene rings is 3. The molecule has 1 aliphatic rings. The number of piperazine rings is 1. The van der Waals surface area contributed by atoms with E-state index in [4.69, 9.17) is 4.99 Å². The Morgan fingerprint density at radius 1 is 0.951 bits per heavy atom. The molecule has 0 aromatic heterocycles. The van der Waals surface area contributed by atoms with Crippen molar-refractivity contribution in [1.82, 2.24) is 4.90 Å². The summed E-state index contributed by atoms with van der Waals surface area (Å²) in [6.07, 6.45) is -5.02. The molecule has 1 fully saturated rings. The van der Waals surface area contributed by atoms with Crippen molar-refractivity contribution < 1.29 is 37.4 Å². The number of aryl methyl sites for hydroxylation is 1. The Kier molecular flexibility index (Phi) is 8.80. The highest BCUT2D eigenvalue weighted by molar-refractivity contribution is 5.99. The Labute approximate surface area is 233 Å². The minimum absolute atomic E-state index is 0.0222. The van der Waals surface area contributed by atoms with Crippen molar-refractivity contribution in [3.8, 4) is 0 Å². The van der Waals surface area contributed by atoms with Gasteiger partial charge in [0.25, 0.3) is 0 Å². The summed E-state index contributed by atoms with van der Waals surface area (Å²) < 4.78 is 54.3. The number of carbonyl (C=O) groups is 2. The lowest BCUT2D eigenvalue weighted by molar-refractivity contribution is -0.138. The molecule has 0 bridgehead atoms. The number of aliphatic imine (C=N–C) groups is 1. The zero-order chi connectivity index (χ0) is 29.7. The molecule has 0 spiro atoms. The van der Waals surface area contributed by atoms with Crippen molar-refractivity contribution >= 4 is 35.0 Å². The van der Waals surface area contributed by atoms with Gasteiger partial charge in [-0.05, 0) is 67.1 Å². The Morgan fingerprint density at radius 3 is 2.24 bits per heavy atom. The lowest BCUT2D eigenvalue weighted by atomic mass is 10.1. The maximum atomic E-state index is 13.6. The number of carboxylic acids is 2. The molecule has 1 heterocycles. The quantitative estimate of drug-likeness (QED) is 0.215. The number of carboxylic acid groups (broad SMARTS) is 2. The molecule has 0 aliphatic carbocycles. The van der Waals surface area contributed by atoms with Gasteiger partial charge in [0.2, 0.25) is 5.96 Å². The van der Waals surface area contributed by atoms with Gasteiger partial charge in [-0.2, -0.15) is 13.2 Å². The average Bonchev–Trinajstić information content (AvgIpc) is 2.93. The zero-order valence-corrected chi connectivity index (χ0v) is 22.1. The van der Waals surface area contributed by atoms with Gasteiger partial charge in [-0.3, -0.25) is 4.79 Å². The van der Waals surface area contributed by atoms with Gasteiger partial charge in [-0.1, -0.05) is 12.1 Å². The van der Waals surface area contributed by atoms with Crippen LogP contribution in [-0.2, 0) is 11.0 Å². The molecule has 2 N–H and O–H groups in total. The molecule has 0 amide bonds. The second-order valence-electron chi connectivity index (χ2n) is 9.51. The van der Waals surface area contributed by atoms with Gasteiger partial charge in [0.05, 0.1) is 23.2 Å². The minimum atomic E-state index is -4.63. The maximum Gasteiger partial charge on any atom is 0.416 e. The molecule has 0 radical (unpaired) electrons. The fourth-order valence-corrected chi connectivity index (χ4v) is 4.49. The topological polar surface area (TPSA) is 96.7 Å². The van der Waals surface area contributed by atoms with Gasteiger partial charge in [-0.25, -0.2) is 14.2 Å². The Hall–Kier alpha value is -4.61. The van der Waals surface area contributed by atoms with Crippen molar-refractivity contribution in [1.29, 1.82) is 0 Å². The fraction of sp³-hybridized carbons (Fsp3) is 0.276. The Morgan fingerprint density at radius 2 is 1.63 bits per heavy atom. The molecular weight excluding hydrogens is 544 g/mol. The second kappa shape index (κ2) is 12.3. The zero-order valence-electron chi connectivity index (χ0n) is 22.1. The molecule has 12 heteroatoms. The van der Waals surface area contributed by atoms with E-state index in [2.05, 4.69) is 0 Å². The summed E-state index contributed by atoms with van der Waals surface area (Å²) in [4.78, 5) is 33.2. The monoisotopic (exact) mass is 572 g/mol. The van der Waals surface area contributed by atoms with Crippen LogP contribution in [0.25, 0.3) is 0 Å². The van der Waals surface area contributed by atoms with Crippen molar-refractivity contribution in [3.63, 3.8) is 0 Å². The molecule has 3 aromatic carbocycles. The van der Waals surface area contributed by atoms with Crippen molar-refractivity contribution in [2.45, 2.75) is 19.5 Å². The second-order valence-corrected chi connectivity index (χ2v) is 9.51. The van der Waals surface area contributed by atoms with Crippen LogP contribution in [0.1, 0.15) is 27.9 Å². The van der Waals surface area contributed by atoms with E-state index in [-0.39, 0.29) is 41.7 Å². The summed E-state index contributed by atoms with van der Waals surface area (Å²) in [6.45, 7) is 3.18. The first-order chi connectivity index (χ1) is 19.4. The molecule has 4 rings (SSSR count). The van der Waals surface area contributed by atoms with Crippen molar-refractivity contribution in [3.05, 3.63) is 89.2 Å². The van der Waals surface area contributed by atoms with E-state index in [0.29, 0.717) is 31.7 Å². The number of halogens is 4. The number of guanidine groups is 1. The fourth-order valence-electron chi connectivity index (χ4n) is 4.49. The van der Waals surface area contributed by atoms with Gasteiger partial charge in [0, 0.05) is 44.1 Å². The van der Waals surface area contributed by atoms with E-state index in [1.54, 1.807) is 25.1 Å². The highest BCUT2D eigenvalue weighted by atomic mass is 19.4. The van der Waals surface area contributed by atoms with Crippen LogP contribution in [0.4, 0.5) is 34.6 Å². The van der Waals surface area contributed by atoms with Crippen LogP contribution in [0.15, 0.2) is 71.7 Å². The van der Waals surface area contributed by atoms with Crippen molar-refractivity contribution in [2.75, 3.05) is 42.5 Å². The standard InChI is InChI=1S/C29H28F4N4O4/c1-19-5-6-20(27(40)41)17-25(19)34-28(36-15-13-35(14-16-36)23-9-7-22(30)8-10-23)37(12-11-26(38)39)24-4-2-3-21(18-24)29(31,32)33/h2-10,17-18H,11-16H2,1H3,(H,38,39)(H,40,41). The molecule has 0 unspecified atom stereocenters. The molecule has 3 aromatic rings. The first-order valence-corrected chi connectivity index (χ1v) is 12.8. The van der Waals surface area contributed by atoms with Crippen LogP contribution in [0.2, 0.25) is 0 Å². The third-order valence-electron chi connectivity index (χ3n) is 6.71. The molecule has 1 aliphatic heterocycles. The van der Waals surface area contributed by atoms with Gasteiger partial charge < -0.3 is 24.9 Å². The first-order valence-electron chi connectivity index (χ1n) is 12.8. The van der Waals surface area contributed by atoms with Crippen LogP contribution in [0.3, 0.4) is 0 Å². The van der Waals surface area contributed by atoms with Gasteiger partial charge in [0.15, 0.2) is 0 Å². The highest BCUT2D eigenvalue weighted by Crippen LogP contribution is 2.33. The summed E-state index contributed by atoms with van der Waals surface area (Å²) >= 11 is 0. The van der Waals surface area contributed by atoms with E-state index in [9.17, 15) is 37.4 Å². The van der Waals surface area contributed by atoms with Crippen LogP contribution < -0.4 is 9.80 Å². The van der Waals surface area contributed by atoms with Gasteiger partial charge >= 0.3 is 18.1 Å². The lowest BCUT2D eigenvalue weighted by Gasteiger charge is -2.41. The third kappa shape index (κ3) is 7.33. The normalized spacial score (nSPS) is 14.2. The number of anilines is 2. The van der Waals surface area contributed by atoms with E-state index < -0.39 is 23.7 Å². The number of alkyl halides is 3. The number of hydrogen-bond donors (Lipinski definition) is 2. The molecular formula is C29H28F4N4O4. The largest absolute Gasteiger partial charge is 0.481 e. The van der Waals surface area contributed by atoms with Gasteiger partial charge in [0.1, 0.15) is 5.82 Å². The summed E-state index contributed by atoms with van der Waals surface area (Å²) in [5.74, 6) is -2.49. The average molecular weight is 573 g/mol. The van der Waals surface area contributed by atoms with Crippen LogP contribution >= 0.6 is 0 Å². The predicted molar refractivity (Wildman–Crippen MR) is 146 cm³/mol. The predicted octanol–water partition coefficient (Wildman–Crippen LogP) is 5.64. The number of aliphatic carboxylic acids is 1. The van der Waals surface area contributed by atoms with E-state index >= 15 is 0 Å². The molecule has 216 valence electrons. The smallest absolute Gasteiger partial charge is 0.416 e. The Balaban J connectivity index is 1.78. The van der Waals surface area contributed by atoms with E-state index in [1.165, 1.54) is 41.3 Å². The molecule has 1 saturated heterocycles. The maximum absolute atomic E-state index is 13.6.